The van der Waals surface area contributed by atoms with Crippen LogP contribution in [-0.4, -0.2) is 37.9 Å². The van der Waals surface area contributed by atoms with Crippen LogP contribution in [-0.2, 0) is 31.5 Å². The molecule has 1 amide bonds. The first kappa shape index (κ1) is 22.0. The molecule has 2 aliphatic heterocycles. The summed E-state index contributed by atoms with van der Waals surface area (Å²) >= 11 is 0. The number of rotatable bonds is 5. The number of carbonyl (C=O) groups excluding carboxylic acids is 1. The third-order valence-corrected chi connectivity index (χ3v) is 9.23. The van der Waals surface area contributed by atoms with E-state index in [9.17, 15) is 13.2 Å². The van der Waals surface area contributed by atoms with Gasteiger partial charge in [-0.15, -0.1) is 0 Å². The second kappa shape index (κ2) is 8.73. The van der Waals surface area contributed by atoms with Crippen molar-refractivity contribution in [3.05, 3.63) is 71.3 Å². The van der Waals surface area contributed by atoms with Crippen LogP contribution in [0, 0.1) is 0 Å². The molecule has 2 atom stereocenters. The first-order chi connectivity index (χ1) is 14.8. The molecule has 4 rings (SSSR count). The fourth-order valence-electron chi connectivity index (χ4n) is 4.86. The molecule has 0 radical (unpaired) electrons. The lowest BCUT2D eigenvalue weighted by Crippen LogP contribution is -2.45. The highest BCUT2D eigenvalue weighted by Crippen LogP contribution is 2.39. The molecule has 0 saturated carbocycles. The Morgan fingerprint density at radius 2 is 1.71 bits per heavy atom. The van der Waals surface area contributed by atoms with E-state index in [1.807, 2.05) is 61.5 Å². The van der Waals surface area contributed by atoms with E-state index >= 15 is 0 Å². The van der Waals surface area contributed by atoms with Gasteiger partial charge in [0.25, 0.3) is 0 Å². The van der Waals surface area contributed by atoms with Gasteiger partial charge in [-0.3, -0.25) is 4.79 Å². The van der Waals surface area contributed by atoms with Crippen LogP contribution in [0.2, 0.25) is 0 Å². The molecule has 2 aliphatic rings. The predicted octanol–water partition coefficient (Wildman–Crippen LogP) is 3.28. The summed E-state index contributed by atoms with van der Waals surface area (Å²) in [5.41, 5.74) is 7.68. The Morgan fingerprint density at radius 1 is 1.06 bits per heavy atom. The lowest BCUT2D eigenvalue weighted by molar-refractivity contribution is -0.127. The average molecular weight is 443 g/mol. The molecule has 0 bridgehead atoms. The average Bonchev–Trinajstić information content (AvgIpc) is 2.78. The summed E-state index contributed by atoms with van der Waals surface area (Å²) in [6, 6.07) is 17.1. The molecule has 6 nitrogen and oxygen atoms in total. The lowest BCUT2D eigenvalue weighted by atomic mass is 9.73. The van der Waals surface area contributed by atoms with Crippen molar-refractivity contribution >= 4 is 15.9 Å². The summed E-state index contributed by atoms with van der Waals surface area (Å²) in [4.78, 5) is 12.3. The molecule has 2 N–H and O–H groups in total. The van der Waals surface area contributed by atoms with Crippen molar-refractivity contribution < 1.29 is 17.9 Å². The largest absolute Gasteiger partial charge is 0.381 e. The van der Waals surface area contributed by atoms with Crippen molar-refractivity contribution in [1.82, 2.24) is 4.31 Å². The summed E-state index contributed by atoms with van der Waals surface area (Å²) in [6.45, 7) is 3.31. The van der Waals surface area contributed by atoms with Gasteiger partial charge in [0.1, 0.15) is 5.25 Å². The van der Waals surface area contributed by atoms with Gasteiger partial charge in [0.2, 0.25) is 15.9 Å². The van der Waals surface area contributed by atoms with E-state index in [1.54, 1.807) is 4.31 Å². The summed E-state index contributed by atoms with van der Waals surface area (Å²) in [5, 5.41) is -0.510. The van der Waals surface area contributed by atoms with Crippen molar-refractivity contribution in [3.63, 3.8) is 0 Å². The van der Waals surface area contributed by atoms with Crippen molar-refractivity contribution in [2.24, 2.45) is 5.73 Å². The third kappa shape index (κ3) is 4.14. The maximum atomic E-state index is 13.4. The zero-order valence-corrected chi connectivity index (χ0v) is 18.7. The van der Waals surface area contributed by atoms with Crippen molar-refractivity contribution in [1.29, 1.82) is 0 Å². The number of sulfonamides is 1. The molecule has 2 fully saturated rings. The SMILES string of the molecule is C[C@H]1CC[C@H](c2ccccc2)S(=O)(=O)N1Cc1ccc(C2(C(N)=O)CCOCC2)cc1. The van der Waals surface area contributed by atoms with Gasteiger partial charge in [0, 0.05) is 25.8 Å². The molecule has 2 heterocycles. The van der Waals surface area contributed by atoms with Crippen molar-refractivity contribution in [3.8, 4) is 0 Å². The quantitative estimate of drug-likeness (QED) is 0.770. The summed E-state index contributed by atoms with van der Waals surface area (Å²) in [6.07, 6.45) is 2.59. The molecular formula is C24H30N2O4S. The monoisotopic (exact) mass is 442 g/mol. The topological polar surface area (TPSA) is 89.7 Å². The minimum atomic E-state index is -3.48. The maximum Gasteiger partial charge on any atom is 0.228 e. The summed E-state index contributed by atoms with van der Waals surface area (Å²) in [7, 11) is -3.48. The molecule has 31 heavy (non-hydrogen) atoms. The molecule has 0 aromatic heterocycles. The minimum Gasteiger partial charge on any atom is -0.381 e. The first-order valence-corrected chi connectivity index (χ1v) is 12.4. The molecule has 0 unspecified atom stereocenters. The Hall–Kier alpha value is -2.22. The van der Waals surface area contributed by atoms with Crippen LogP contribution in [0.25, 0.3) is 0 Å². The van der Waals surface area contributed by atoms with Gasteiger partial charge in [-0.1, -0.05) is 54.6 Å². The zero-order chi connectivity index (χ0) is 22.1. The normalized spacial score (nSPS) is 25.7. The Kier molecular flexibility index (Phi) is 6.19. The Morgan fingerprint density at radius 3 is 2.32 bits per heavy atom. The number of nitrogens with two attached hydrogens (primary N) is 1. The van der Waals surface area contributed by atoms with Gasteiger partial charge < -0.3 is 10.5 Å². The summed E-state index contributed by atoms with van der Waals surface area (Å²) in [5.74, 6) is -0.332. The van der Waals surface area contributed by atoms with Crippen LogP contribution in [0.4, 0.5) is 0 Å². The van der Waals surface area contributed by atoms with E-state index < -0.39 is 20.7 Å². The van der Waals surface area contributed by atoms with E-state index in [2.05, 4.69) is 0 Å². The Balaban J connectivity index is 1.57. The lowest BCUT2D eigenvalue weighted by Gasteiger charge is -2.38. The van der Waals surface area contributed by atoms with Gasteiger partial charge in [-0.05, 0) is 49.3 Å². The number of ether oxygens (including phenoxy) is 1. The van der Waals surface area contributed by atoms with Gasteiger partial charge in [0.15, 0.2) is 0 Å². The van der Waals surface area contributed by atoms with E-state index in [1.165, 1.54) is 0 Å². The van der Waals surface area contributed by atoms with Gasteiger partial charge >= 0.3 is 0 Å². The van der Waals surface area contributed by atoms with Crippen LogP contribution in [0.3, 0.4) is 0 Å². The van der Waals surface area contributed by atoms with Gasteiger partial charge in [-0.2, -0.15) is 4.31 Å². The fourth-order valence-corrected chi connectivity index (χ4v) is 7.06. The number of hydrogen-bond acceptors (Lipinski definition) is 4. The highest BCUT2D eigenvalue weighted by atomic mass is 32.2. The van der Waals surface area contributed by atoms with E-state index in [-0.39, 0.29) is 11.9 Å². The highest BCUT2D eigenvalue weighted by molar-refractivity contribution is 7.89. The molecule has 2 aromatic rings. The third-order valence-electron chi connectivity index (χ3n) is 6.86. The van der Waals surface area contributed by atoms with E-state index in [4.69, 9.17) is 10.5 Å². The second-order valence-electron chi connectivity index (χ2n) is 8.67. The molecule has 2 aromatic carbocycles. The molecule has 0 spiro atoms. The number of hydrogen-bond donors (Lipinski definition) is 1. The summed E-state index contributed by atoms with van der Waals surface area (Å²) < 4.78 is 33.9. The first-order valence-electron chi connectivity index (χ1n) is 10.9. The molecule has 7 heteroatoms. The van der Waals surface area contributed by atoms with Gasteiger partial charge in [0.05, 0.1) is 5.41 Å². The van der Waals surface area contributed by atoms with Crippen LogP contribution in [0.15, 0.2) is 54.6 Å². The van der Waals surface area contributed by atoms with Crippen LogP contribution >= 0.6 is 0 Å². The van der Waals surface area contributed by atoms with Gasteiger partial charge in [-0.25, -0.2) is 8.42 Å². The van der Waals surface area contributed by atoms with Crippen LogP contribution < -0.4 is 5.73 Å². The highest BCUT2D eigenvalue weighted by Gasteiger charge is 2.41. The fraction of sp³-hybridized carbons (Fsp3) is 0.458. The number of benzene rings is 2. The Labute approximate surface area is 184 Å². The molecular weight excluding hydrogens is 412 g/mol. The number of nitrogens with zero attached hydrogens (tertiary/aromatic N) is 1. The van der Waals surface area contributed by atoms with E-state index in [0.29, 0.717) is 39.0 Å². The second-order valence-corrected chi connectivity index (χ2v) is 10.7. The van der Waals surface area contributed by atoms with Crippen molar-refractivity contribution in [2.45, 2.75) is 55.9 Å². The number of amides is 1. The minimum absolute atomic E-state index is 0.0582. The van der Waals surface area contributed by atoms with Crippen LogP contribution in [0.1, 0.15) is 54.5 Å². The predicted molar refractivity (Wildman–Crippen MR) is 120 cm³/mol. The molecule has 166 valence electrons. The maximum absolute atomic E-state index is 13.4. The zero-order valence-electron chi connectivity index (χ0n) is 17.9. The molecule has 0 aliphatic carbocycles. The smallest absolute Gasteiger partial charge is 0.228 e. The Bertz CT molecular complexity index is 1020. The van der Waals surface area contributed by atoms with Crippen molar-refractivity contribution in [2.75, 3.05) is 13.2 Å². The number of carbonyl (C=O) groups is 1. The van der Waals surface area contributed by atoms with E-state index in [0.717, 1.165) is 23.1 Å². The standard InChI is InChI=1S/C24H30N2O4S/c1-18-7-12-22(20-5-3-2-4-6-20)31(28,29)26(18)17-19-8-10-21(11-9-19)24(23(25)27)13-15-30-16-14-24/h2-6,8-11,18,22H,7,12-17H2,1H3,(H2,25,27)/t18-,22+/m0/s1. The van der Waals surface area contributed by atoms with Crippen LogP contribution in [0.5, 0.6) is 0 Å². The molecule has 2 saturated heterocycles. The number of primary amides is 1.